The van der Waals surface area contributed by atoms with E-state index in [0.717, 1.165) is 36.2 Å². The number of carbonyl (C=O) groups excluding carboxylic acids is 1. The van der Waals surface area contributed by atoms with Crippen LogP contribution >= 0.6 is 11.3 Å². The van der Waals surface area contributed by atoms with Crippen LogP contribution < -0.4 is 15.9 Å². The Bertz CT molecular complexity index is 985. The van der Waals surface area contributed by atoms with Crippen molar-refractivity contribution in [3.05, 3.63) is 45.8 Å². The Morgan fingerprint density at radius 2 is 2.10 bits per heavy atom. The van der Waals surface area contributed by atoms with Gasteiger partial charge in [-0.15, -0.1) is 11.3 Å². The molecule has 1 aromatic heterocycles. The van der Waals surface area contributed by atoms with Gasteiger partial charge in [-0.05, 0) is 48.8 Å². The predicted octanol–water partition coefficient (Wildman–Crippen LogP) is 3.54. The number of hydrazine groups is 1. The Balaban J connectivity index is 1.59. The van der Waals surface area contributed by atoms with Crippen LogP contribution in [-0.4, -0.2) is 41.2 Å². The normalized spacial score (nSPS) is 20.6. The van der Waals surface area contributed by atoms with Gasteiger partial charge in [0.05, 0.1) is 11.1 Å². The maximum Gasteiger partial charge on any atom is 0.339 e. The van der Waals surface area contributed by atoms with E-state index in [0.29, 0.717) is 29.3 Å². The van der Waals surface area contributed by atoms with Gasteiger partial charge in [-0.3, -0.25) is 10.6 Å². The molecule has 4 rings (SSSR count). The minimum absolute atomic E-state index is 0.0537. The van der Waals surface area contributed by atoms with Crippen molar-refractivity contribution >= 4 is 28.2 Å². The van der Waals surface area contributed by atoms with Crippen molar-refractivity contribution in [3.63, 3.8) is 0 Å². The van der Waals surface area contributed by atoms with Gasteiger partial charge in [0.15, 0.2) is 0 Å². The summed E-state index contributed by atoms with van der Waals surface area (Å²) in [7, 11) is 0. The lowest BCUT2D eigenvalue weighted by Gasteiger charge is -2.29. The quantitative estimate of drug-likeness (QED) is 0.628. The van der Waals surface area contributed by atoms with Gasteiger partial charge in [0.1, 0.15) is 16.9 Å². The Kier molecular flexibility index (Phi) is 5.57. The molecule has 0 radical (unpaired) electrons. The van der Waals surface area contributed by atoms with Gasteiger partial charge in [-0.25, -0.2) is 9.80 Å². The molecule has 8 heteroatoms. The van der Waals surface area contributed by atoms with Crippen LogP contribution in [0, 0.1) is 5.41 Å². The Morgan fingerprint density at radius 1 is 1.33 bits per heavy atom. The number of thiophene rings is 1. The zero-order valence-electron chi connectivity index (χ0n) is 17.2. The molecule has 1 aromatic carbocycles. The molecule has 1 atom stereocenters. The number of benzene rings is 1. The third-order valence-electron chi connectivity index (χ3n) is 5.82. The molecule has 2 aromatic rings. The fraction of sp³-hybridized carbons (Fsp3) is 0.455. The molecular formula is C22H27N3O4S. The molecule has 7 nitrogen and oxygen atoms in total. The first-order valence-corrected chi connectivity index (χ1v) is 11.0. The van der Waals surface area contributed by atoms with Crippen molar-refractivity contribution in [2.75, 3.05) is 18.4 Å². The number of carboxylic acids is 1. The number of amides is 1. The van der Waals surface area contributed by atoms with Gasteiger partial charge in [0.2, 0.25) is 0 Å². The molecule has 0 unspecified atom stereocenters. The maximum atomic E-state index is 13.1. The smallest absolute Gasteiger partial charge is 0.339 e. The fourth-order valence-electron chi connectivity index (χ4n) is 4.19. The van der Waals surface area contributed by atoms with Crippen molar-refractivity contribution in [2.24, 2.45) is 11.3 Å². The highest BCUT2D eigenvalue weighted by Gasteiger charge is 2.33. The molecule has 1 fully saturated rings. The van der Waals surface area contributed by atoms with E-state index < -0.39 is 5.97 Å². The van der Waals surface area contributed by atoms with Crippen LogP contribution in [0.2, 0.25) is 0 Å². The van der Waals surface area contributed by atoms with Gasteiger partial charge in [-0.2, -0.15) is 0 Å². The Morgan fingerprint density at radius 3 is 2.80 bits per heavy atom. The van der Waals surface area contributed by atoms with E-state index in [4.69, 9.17) is 10.6 Å². The largest absolute Gasteiger partial charge is 0.488 e. The number of hydrogen-bond acceptors (Lipinski definition) is 6. The second kappa shape index (κ2) is 8.02. The van der Waals surface area contributed by atoms with Crippen molar-refractivity contribution in [1.29, 1.82) is 0 Å². The van der Waals surface area contributed by atoms with Crippen molar-refractivity contribution in [1.82, 2.24) is 5.01 Å². The number of carboxylic acid groups (broad SMARTS) is 1. The topological polar surface area (TPSA) is 105 Å². The van der Waals surface area contributed by atoms with Crippen molar-refractivity contribution in [3.8, 4) is 5.75 Å². The monoisotopic (exact) mass is 429 g/mol. The van der Waals surface area contributed by atoms with Crippen molar-refractivity contribution < 1.29 is 19.4 Å². The van der Waals surface area contributed by atoms with Crippen LogP contribution in [0.15, 0.2) is 24.3 Å². The first-order valence-electron chi connectivity index (χ1n) is 10.2. The number of carbonyl (C=O) groups is 2. The summed E-state index contributed by atoms with van der Waals surface area (Å²) in [6.45, 7) is 5.65. The maximum absolute atomic E-state index is 13.1. The third kappa shape index (κ3) is 4.21. The van der Waals surface area contributed by atoms with Gasteiger partial charge in [0, 0.05) is 18.0 Å². The molecule has 160 valence electrons. The number of para-hydroxylation sites is 1. The molecular weight excluding hydrogens is 402 g/mol. The van der Waals surface area contributed by atoms with E-state index in [-0.39, 0.29) is 23.0 Å². The molecule has 1 saturated heterocycles. The predicted molar refractivity (Wildman–Crippen MR) is 116 cm³/mol. The average molecular weight is 430 g/mol. The van der Waals surface area contributed by atoms with E-state index in [1.54, 1.807) is 23.2 Å². The van der Waals surface area contributed by atoms with Gasteiger partial charge < -0.3 is 15.2 Å². The minimum Gasteiger partial charge on any atom is -0.488 e. The number of aryl methyl sites for hydroxylation is 1. The number of anilines is 1. The van der Waals surface area contributed by atoms with E-state index in [1.165, 1.54) is 11.3 Å². The Hall–Kier alpha value is -2.42. The summed E-state index contributed by atoms with van der Waals surface area (Å²) in [5.74, 6) is 4.92. The van der Waals surface area contributed by atoms with E-state index >= 15 is 0 Å². The zero-order chi connectivity index (χ0) is 21.5. The molecule has 0 bridgehead atoms. The van der Waals surface area contributed by atoms with Crippen molar-refractivity contribution in [2.45, 2.75) is 45.6 Å². The number of ether oxygens (including phenoxy) is 1. The molecule has 0 spiro atoms. The highest BCUT2D eigenvalue weighted by molar-refractivity contribution is 7.17. The highest BCUT2D eigenvalue weighted by atomic mass is 32.1. The Labute approximate surface area is 179 Å². The second-order valence-electron chi connectivity index (χ2n) is 8.83. The van der Waals surface area contributed by atoms with Gasteiger partial charge >= 0.3 is 5.97 Å². The summed E-state index contributed by atoms with van der Waals surface area (Å²) in [6, 6.07) is 7.03. The summed E-state index contributed by atoms with van der Waals surface area (Å²) in [5.41, 5.74) is 1.52. The molecule has 1 aliphatic carbocycles. The van der Waals surface area contributed by atoms with Gasteiger partial charge in [-0.1, -0.05) is 26.0 Å². The lowest BCUT2D eigenvalue weighted by molar-refractivity contribution is 0.0696. The number of nitrogens with one attached hydrogen (secondary N) is 1. The lowest BCUT2D eigenvalue weighted by Crippen LogP contribution is -2.30. The summed E-state index contributed by atoms with van der Waals surface area (Å²) < 4.78 is 6.03. The van der Waals surface area contributed by atoms with E-state index in [1.807, 2.05) is 6.07 Å². The van der Waals surface area contributed by atoms with Gasteiger partial charge in [0.25, 0.3) is 5.91 Å². The van der Waals surface area contributed by atoms with E-state index in [9.17, 15) is 14.7 Å². The SMILES string of the molecule is CC1(C)CCc2sc(NC(=O)c3ccccc3O[C@@H]3CCN(N)C3)c(C(=O)O)c2C1. The molecule has 1 amide bonds. The number of aromatic carboxylic acids is 1. The fourth-order valence-corrected chi connectivity index (χ4v) is 5.40. The second-order valence-corrected chi connectivity index (χ2v) is 9.93. The molecule has 0 saturated carbocycles. The number of fused-ring (bicyclic) bond motifs is 1. The number of hydrogen-bond donors (Lipinski definition) is 3. The number of nitrogens with two attached hydrogens (primary N) is 1. The first-order chi connectivity index (χ1) is 14.2. The standard InChI is InChI=1S/C22H27N3O4S/c1-22(2)9-7-17-15(11-22)18(21(27)28)20(30-17)24-19(26)14-5-3-4-6-16(14)29-13-8-10-25(23)12-13/h3-6,13H,7-12,23H2,1-2H3,(H,24,26)(H,27,28)/t13-/m1/s1. The molecule has 4 N–H and O–H groups in total. The molecule has 2 heterocycles. The van der Waals surface area contributed by atoms with Crippen LogP contribution in [0.25, 0.3) is 0 Å². The first kappa shape index (κ1) is 20.8. The minimum atomic E-state index is -1.00. The molecule has 1 aliphatic heterocycles. The highest BCUT2D eigenvalue weighted by Crippen LogP contribution is 2.44. The number of nitrogens with zero attached hydrogens (tertiary/aromatic N) is 1. The lowest BCUT2D eigenvalue weighted by atomic mass is 9.76. The molecule has 2 aliphatic rings. The summed E-state index contributed by atoms with van der Waals surface area (Å²) >= 11 is 1.38. The molecule has 30 heavy (non-hydrogen) atoms. The summed E-state index contributed by atoms with van der Waals surface area (Å²) in [5, 5.41) is 14.8. The summed E-state index contributed by atoms with van der Waals surface area (Å²) in [6.07, 6.45) is 3.26. The van der Waals surface area contributed by atoms with Crippen LogP contribution in [0.3, 0.4) is 0 Å². The van der Waals surface area contributed by atoms with Crippen LogP contribution in [-0.2, 0) is 12.8 Å². The van der Waals surface area contributed by atoms with E-state index in [2.05, 4.69) is 19.2 Å². The van der Waals surface area contributed by atoms with Crippen LogP contribution in [0.4, 0.5) is 5.00 Å². The van der Waals surface area contributed by atoms with Crippen LogP contribution in [0.5, 0.6) is 5.75 Å². The average Bonchev–Trinajstić information content (AvgIpc) is 3.23. The third-order valence-corrected chi connectivity index (χ3v) is 7.02. The zero-order valence-corrected chi connectivity index (χ0v) is 18.1. The van der Waals surface area contributed by atoms with Crippen LogP contribution in [0.1, 0.15) is 57.8 Å². The summed E-state index contributed by atoms with van der Waals surface area (Å²) in [4.78, 5) is 26.2. The number of rotatable bonds is 5.